The Morgan fingerprint density at radius 2 is 0.117 bits per heavy atom. The zero-order chi connectivity index (χ0) is 42.9. The first-order valence-electron chi connectivity index (χ1n) is 7.35. The monoisotopic (exact) mass is 1990 g/mol. The van der Waals surface area contributed by atoms with Gasteiger partial charge in [-0.3, -0.25) is 0 Å². The van der Waals surface area contributed by atoms with Gasteiger partial charge >= 0.3 is 245 Å². The zero-order valence-corrected chi connectivity index (χ0v) is 43.1. The SMILES string of the molecule is O=C([O-])[O-].O=C([O-])[O-].O=C([O-])[O-].O=C([O-])[O-].O=C([O-])[O-].O=C([O-])[O-].O=C([O-])[O-].O=C([O-])[O-].O=C([O-])[O-].O=C([O-])[O-].O=C([O-])[O-].O=C([O-])[O-].[Pd+2].[Pd+2].[Pd+2].[Pd+2].[Pd+2].[Pd+2].[Pd+2].[Pd+2].[Pd+2].[Pd+2].[Pd+2].[Pd+2]. The summed E-state index contributed by atoms with van der Waals surface area (Å²) in [6.45, 7) is 0. The largest absolute Gasteiger partial charge is 2.00 e. The van der Waals surface area contributed by atoms with Crippen LogP contribution >= 0.6 is 0 Å². The van der Waals surface area contributed by atoms with Crippen LogP contribution in [0.2, 0.25) is 0 Å². The van der Waals surface area contributed by atoms with Gasteiger partial charge in [0.2, 0.25) is 0 Å². The van der Waals surface area contributed by atoms with Gasteiger partial charge in [0.15, 0.2) is 0 Å². The summed E-state index contributed by atoms with van der Waals surface area (Å²) < 4.78 is 0. The first kappa shape index (κ1) is 162. The molecule has 0 aliphatic carbocycles. The predicted molar refractivity (Wildman–Crippen MR) is 64.8 cm³/mol. The molecule has 0 N–H and O–H groups in total. The van der Waals surface area contributed by atoms with E-state index < -0.39 is 73.9 Å². The summed E-state index contributed by atoms with van der Waals surface area (Å²) in [6, 6.07) is 0. The predicted octanol–water partition coefficient (Wildman–Crippen LogP) is -29.4. The van der Waals surface area contributed by atoms with Crippen molar-refractivity contribution >= 4 is 73.9 Å². The number of hydrogen-bond donors (Lipinski definition) is 0. The topological polar surface area (TPSA) is 758 Å². The van der Waals surface area contributed by atoms with Crippen LogP contribution in [0.15, 0.2) is 0 Å². The number of carboxylic acid groups (broad SMARTS) is 24. The quantitative estimate of drug-likeness (QED) is 0.203. The summed E-state index contributed by atoms with van der Waals surface area (Å²) >= 11 is 0. The van der Waals surface area contributed by atoms with Crippen LogP contribution in [0, 0.1) is 0 Å². The Hall–Kier alpha value is -0.812. The molecule has 0 radical (unpaired) electrons. The molecule has 60 heavy (non-hydrogen) atoms. The van der Waals surface area contributed by atoms with Gasteiger partial charge < -0.3 is 180 Å². The van der Waals surface area contributed by atoms with E-state index in [1.54, 1.807) is 0 Å². The first-order valence-corrected chi connectivity index (χ1v) is 7.35. The third-order valence-electron chi connectivity index (χ3n) is 0. The van der Waals surface area contributed by atoms with E-state index in [0.29, 0.717) is 0 Å². The van der Waals surface area contributed by atoms with Crippen molar-refractivity contribution in [2.24, 2.45) is 0 Å². The molecule has 36 nitrogen and oxygen atoms in total. The van der Waals surface area contributed by atoms with E-state index in [4.69, 9.17) is 180 Å². The fourth-order valence-corrected chi connectivity index (χ4v) is 0. The van der Waals surface area contributed by atoms with Crippen LogP contribution in [0.25, 0.3) is 0 Å². The van der Waals surface area contributed by atoms with Gasteiger partial charge in [-0.25, -0.2) is 0 Å². The van der Waals surface area contributed by atoms with Gasteiger partial charge in [-0.05, 0) is 73.9 Å². The molecule has 0 rings (SSSR count). The molecule has 0 saturated heterocycles. The second-order valence-electron chi connectivity index (χ2n) is 3.00. The molecule has 0 fully saturated rings. The summed E-state index contributed by atoms with van der Waals surface area (Å²) in [7, 11) is 0. The smallest absolute Gasteiger partial charge is 0.652 e. The molecule has 0 spiro atoms. The molecule has 0 aliphatic rings. The van der Waals surface area contributed by atoms with Crippen molar-refractivity contribution < 1.29 is 425 Å². The van der Waals surface area contributed by atoms with E-state index in [-0.39, 0.29) is 245 Å². The molecule has 0 aromatic carbocycles. The Labute approximate surface area is 492 Å². The molecular weight excluding hydrogens is 2000 g/mol. The van der Waals surface area contributed by atoms with Crippen molar-refractivity contribution in [3.05, 3.63) is 0 Å². The minimum absolute atomic E-state index is 0. The van der Waals surface area contributed by atoms with Crippen LogP contribution < -0.4 is 123 Å². The Morgan fingerprint density at radius 1 is 0.117 bits per heavy atom. The molecule has 0 amide bonds. The standard InChI is InChI=1S/12CH2O3.12Pd/c12*2-1(3)4;;;;;;;;;;;;/h12*(H2,2,3,4);;;;;;;;;;;;/q;;;;;;;;;;;;12*+2/p-24. The van der Waals surface area contributed by atoms with E-state index in [2.05, 4.69) is 0 Å². The fourth-order valence-electron chi connectivity index (χ4n) is 0. The maximum atomic E-state index is 8.33. The summed E-state index contributed by atoms with van der Waals surface area (Å²) in [5.74, 6) is 0. The van der Waals surface area contributed by atoms with Crippen molar-refractivity contribution in [2.45, 2.75) is 0 Å². The number of carbonyl (C=O) groups is 12. The first-order chi connectivity index (χ1) is 20.8. The van der Waals surface area contributed by atoms with Gasteiger partial charge in [-0.2, -0.15) is 0 Å². The molecule has 0 aliphatic heterocycles. The van der Waals surface area contributed by atoms with Crippen LogP contribution in [0.3, 0.4) is 0 Å². The van der Waals surface area contributed by atoms with Gasteiger partial charge in [0.05, 0.1) is 0 Å². The second kappa shape index (κ2) is 154. The van der Waals surface area contributed by atoms with E-state index in [1.165, 1.54) is 0 Å². The Morgan fingerprint density at radius 3 is 0.117 bits per heavy atom. The molecule has 384 valence electrons. The molecule has 0 aromatic rings. The third kappa shape index (κ3) is 274000. The van der Waals surface area contributed by atoms with Gasteiger partial charge in [-0.1, -0.05) is 0 Å². The van der Waals surface area contributed by atoms with Crippen LogP contribution in [-0.2, 0) is 245 Å². The van der Waals surface area contributed by atoms with E-state index >= 15 is 0 Å². The van der Waals surface area contributed by atoms with Crippen LogP contribution in [-0.4, -0.2) is 73.9 Å². The molecule has 0 atom stereocenters. The van der Waals surface area contributed by atoms with E-state index in [0.717, 1.165) is 0 Å². The minimum Gasteiger partial charge on any atom is -0.652 e. The maximum absolute atomic E-state index is 8.33. The van der Waals surface area contributed by atoms with Crippen molar-refractivity contribution in [1.29, 1.82) is 0 Å². The number of carbonyl (C=O) groups excluding carboxylic acids is 12. The summed E-state index contributed by atoms with van der Waals surface area (Å²) in [6.07, 6.45) is -28.0. The third-order valence-corrected chi connectivity index (χ3v) is 0. The second-order valence-corrected chi connectivity index (χ2v) is 3.00. The van der Waals surface area contributed by atoms with Crippen molar-refractivity contribution in [1.82, 2.24) is 0 Å². The van der Waals surface area contributed by atoms with Gasteiger partial charge in [0.1, 0.15) is 0 Å². The van der Waals surface area contributed by atoms with Gasteiger partial charge in [0.25, 0.3) is 0 Å². The Kier molecular flexibility index (Phi) is 415. The maximum Gasteiger partial charge on any atom is 2.00 e. The Bertz CT molecular complexity index is 617. The summed E-state index contributed by atoms with van der Waals surface area (Å²) in [5, 5.41) is 200. The average molecular weight is 2000 g/mol. The van der Waals surface area contributed by atoms with Gasteiger partial charge in [0, 0.05) is 0 Å². The van der Waals surface area contributed by atoms with Gasteiger partial charge in [-0.15, -0.1) is 0 Å². The van der Waals surface area contributed by atoms with E-state index in [9.17, 15) is 0 Å². The minimum atomic E-state index is -2.33. The molecule has 0 saturated carbocycles. The number of rotatable bonds is 0. The Balaban J connectivity index is -0.0000000105. The normalized spacial score (nSPS) is 4.80. The molecule has 0 heterocycles. The number of hydrogen-bond acceptors (Lipinski definition) is 36. The van der Waals surface area contributed by atoms with Crippen LogP contribution in [0.4, 0.5) is 57.5 Å². The average Bonchev–Trinajstić information content (AvgIpc) is 2.61. The van der Waals surface area contributed by atoms with Crippen molar-refractivity contribution in [3.8, 4) is 0 Å². The van der Waals surface area contributed by atoms with Crippen LogP contribution in [0.5, 0.6) is 0 Å². The van der Waals surface area contributed by atoms with E-state index in [1.807, 2.05) is 0 Å². The molecule has 0 unspecified atom stereocenters. The summed E-state index contributed by atoms with van der Waals surface area (Å²) in [4.78, 5) is 100. The fraction of sp³-hybridized carbons (Fsp3) is 0. The molecule has 0 aromatic heterocycles. The van der Waals surface area contributed by atoms with Crippen molar-refractivity contribution in [3.63, 3.8) is 0 Å². The summed E-state index contributed by atoms with van der Waals surface area (Å²) in [5.41, 5.74) is 0. The zero-order valence-electron chi connectivity index (χ0n) is 24.5. The molecule has 0 bridgehead atoms. The molecule has 48 heteroatoms. The van der Waals surface area contributed by atoms with Crippen molar-refractivity contribution in [2.75, 3.05) is 0 Å². The van der Waals surface area contributed by atoms with Crippen LogP contribution in [0.1, 0.15) is 0 Å². The molecular formula is C12O36Pd12.